The highest BCUT2D eigenvalue weighted by Crippen LogP contribution is 2.30. The fourth-order valence-corrected chi connectivity index (χ4v) is 2.37. The van der Waals surface area contributed by atoms with Crippen LogP contribution in [0.1, 0.15) is 5.56 Å². The fourth-order valence-electron chi connectivity index (χ4n) is 1.26. The second-order valence-electron chi connectivity index (χ2n) is 3.12. The Morgan fingerprint density at radius 1 is 1.44 bits per heavy atom. The van der Waals surface area contributed by atoms with E-state index in [-0.39, 0.29) is 5.69 Å². The molecule has 0 bridgehead atoms. The molecule has 0 spiro atoms. The summed E-state index contributed by atoms with van der Waals surface area (Å²) in [5.41, 5.74) is 1.45. The van der Waals surface area contributed by atoms with E-state index in [0.717, 1.165) is 0 Å². The first-order valence-electron chi connectivity index (χ1n) is 4.32. The standard InChI is InChI=1S/C9H6BrN3O2S/c1-5-2-3-6(4-7(5)13(14)15)8-11-12-9(10)16-8/h2-4H,1H3. The maximum Gasteiger partial charge on any atom is 0.273 e. The monoisotopic (exact) mass is 299 g/mol. The Bertz CT molecular complexity index is 555. The van der Waals surface area contributed by atoms with Crippen molar-refractivity contribution in [1.29, 1.82) is 0 Å². The highest BCUT2D eigenvalue weighted by Gasteiger charge is 2.13. The molecule has 5 nitrogen and oxygen atoms in total. The molecule has 1 aromatic carbocycles. The van der Waals surface area contributed by atoms with Crippen molar-refractivity contribution in [3.63, 3.8) is 0 Å². The van der Waals surface area contributed by atoms with Crippen molar-refractivity contribution >= 4 is 33.0 Å². The van der Waals surface area contributed by atoms with Crippen LogP contribution in [0, 0.1) is 17.0 Å². The van der Waals surface area contributed by atoms with Crippen molar-refractivity contribution in [3.8, 4) is 10.6 Å². The molecule has 1 heterocycles. The van der Waals surface area contributed by atoms with E-state index in [2.05, 4.69) is 26.1 Å². The van der Waals surface area contributed by atoms with Gasteiger partial charge in [-0.25, -0.2) is 0 Å². The number of hydrogen-bond acceptors (Lipinski definition) is 5. The van der Waals surface area contributed by atoms with Gasteiger partial charge < -0.3 is 0 Å². The van der Waals surface area contributed by atoms with Gasteiger partial charge in [-0.1, -0.05) is 23.5 Å². The Kier molecular flexibility index (Phi) is 2.97. The van der Waals surface area contributed by atoms with Gasteiger partial charge in [0.25, 0.3) is 5.69 Å². The van der Waals surface area contributed by atoms with Crippen LogP contribution in [-0.2, 0) is 0 Å². The second-order valence-corrected chi connectivity index (χ2v) is 5.37. The molecule has 0 N–H and O–H groups in total. The molecule has 0 unspecified atom stereocenters. The number of rotatable bonds is 2. The third kappa shape index (κ3) is 2.10. The van der Waals surface area contributed by atoms with Crippen molar-refractivity contribution in [2.24, 2.45) is 0 Å². The number of nitro groups is 1. The van der Waals surface area contributed by atoms with Crippen LogP contribution in [0.15, 0.2) is 22.1 Å². The zero-order valence-electron chi connectivity index (χ0n) is 8.18. The van der Waals surface area contributed by atoms with Crippen LogP contribution < -0.4 is 0 Å². The molecule has 0 atom stereocenters. The van der Waals surface area contributed by atoms with E-state index in [0.29, 0.717) is 20.1 Å². The number of nitro benzene ring substituents is 1. The minimum absolute atomic E-state index is 0.101. The van der Waals surface area contributed by atoms with E-state index in [4.69, 9.17) is 0 Å². The number of nitrogens with zero attached hydrogens (tertiary/aromatic N) is 3. The van der Waals surface area contributed by atoms with Gasteiger partial charge in [0.2, 0.25) is 0 Å². The van der Waals surface area contributed by atoms with Crippen LogP contribution in [0.2, 0.25) is 0 Å². The molecule has 0 aliphatic rings. The maximum atomic E-state index is 10.8. The van der Waals surface area contributed by atoms with Gasteiger partial charge in [-0.05, 0) is 22.9 Å². The van der Waals surface area contributed by atoms with Gasteiger partial charge in [-0.15, -0.1) is 10.2 Å². The van der Waals surface area contributed by atoms with Crippen LogP contribution >= 0.6 is 27.3 Å². The fraction of sp³-hybridized carbons (Fsp3) is 0.111. The van der Waals surface area contributed by atoms with Gasteiger partial charge in [-0.3, -0.25) is 10.1 Å². The summed E-state index contributed by atoms with van der Waals surface area (Å²) in [4.78, 5) is 10.4. The SMILES string of the molecule is Cc1ccc(-c2nnc(Br)s2)cc1[N+](=O)[O-]. The van der Waals surface area contributed by atoms with Gasteiger partial charge in [-0.2, -0.15) is 0 Å². The normalized spacial score (nSPS) is 10.4. The molecule has 2 aromatic rings. The smallest absolute Gasteiger partial charge is 0.258 e. The summed E-state index contributed by atoms with van der Waals surface area (Å²) in [6.07, 6.45) is 0. The molecule has 0 saturated heterocycles. The van der Waals surface area contributed by atoms with Gasteiger partial charge >= 0.3 is 0 Å². The summed E-state index contributed by atoms with van der Waals surface area (Å²) >= 11 is 4.54. The average Bonchev–Trinajstić information content (AvgIpc) is 2.65. The van der Waals surface area contributed by atoms with Gasteiger partial charge in [0, 0.05) is 17.2 Å². The first-order chi connectivity index (χ1) is 7.58. The van der Waals surface area contributed by atoms with Crippen LogP contribution in [0.25, 0.3) is 10.6 Å². The van der Waals surface area contributed by atoms with E-state index in [1.54, 1.807) is 19.1 Å². The molecule has 82 valence electrons. The molecular formula is C9H6BrN3O2S. The van der Waals surface area contributed by atoms with E-state index in [1.807, 2.05) is 0 Å². The van der Waals surface area contributed by atoms with Crippen LogP contribution in [0.5, 0.6) is 0 Å². The minimum Gasteiger partial charge on any atom is -0.258 e. The maximum absolute atomic E-state index is 10.8. The van der Waals surface area contributed by atoms with Gasteiger partial charge in [0.05, 0.1) is 4.92 Å². The number of aryl methyl sites for hydroxylation is 1. The molecule has 1 aromatic heterocycles. The Morgan fingerprint density at radius 2 is 2.19 bits per heavy atom. The molecule has 0 amide bonds. The average molecular weight is 300 g/mol. The Labute approximate surface area is 103 Å². The second kappa shape index (κ2) is 4.26. The van der Waals surface area contributed by atoms with Crippen LogP contribution in [0.3, 0.4) is 0 Å². The van der Waals surface area contributed by atoms with E-state index >= 15 is 0 Å². The Hall–Kier alpha value is -1.34. The Balaban J connectivity index is 2.51. The molecule has 0 fully saturated rings. The molecule has 0 aliphatic heterocycles. The Morgan fingerprint density at radius 3 is 2.75 bits per heavy atom. The summed E-state index contributed by atoms with van der Waals surface area (Å²) in [5.74, 6) is 0. The molecule has 2 rings (SSSR count). The highest BCUT2D eigenvalue weighted by molar-refractivity contribution is 9.11. The lowest BCUT2D eigenvalue weighted by Crippen LogP contribution is -1.91. The van der Waals surface area contributed by atoms with Gasteiger partial charge in [0.15, 0.2) is 3.92 Å². The summed E-state index contributed by atoms with van der Waals surface area (Å²) in [6, 6.07) is 5.03. The van der Waals surface area contributed by atoms with E-state index < -0.39 is 4.92 Å². The van der Waals surface area contributed by atoms with Crippen molar-refractivity contribution in [3.05, 3.63) is 37.8 Å². The number of benzene rings is 1. The third-order valence-corrected chi connectivity index (χ3v) is 3.46. The zero-order valence-corrected chi connectivity index (χ0v) is 10.6. The first kappa shape index (κ1) is 11.2. The molecule has 0 aliphatic carbocycles. The third-order valence-electron chi connectivity index (χ3n) is 2.05. The molecule has 0 saturated carbocycles. The predicted molar refractivity (Wildman–Crippen MR) is 64.4 cm³/mol. The summed E-state index contributed by atoms with van der Waals surface area (Å²) in [6.45, 7) is 1.71. The summed E-state index contributed by atoms with van der Waals surface area (Å²) < 4.78 is 0.658. The number of aromatic nitrogens is 2. The topological polar surface area (TPSA) is 68.9 Å². The summed E-state index contributed by atoms with van der Waals surface area (Å²) in [5, 5.41) is 19.2. The molecule has 7 heteroatoms. The molecule has 16 heavy (non-hydrogen) atoms. The zero-order chi connectivity index (χ0) is 11.7. The molecular weight excluding hydrogens is 294 g/mol. The van der Waals surface area contributed by atoms with E-state index in [1.165, 1.54) is 17.4 Å². The lowest BCUT2D eigenvalue weighted by atomic mass is 10.1. The lowest BCUT2D eigenvalue weighted by molar-refractivity contribution is -0.385. The highest BCUT2D eigenvalue weighted by atomic mass is 79.9. The van der Waals surface area contributed by atoms with Gasteiger partial charge in [0.1, 0.15) is 5.01 Å². The minimum atomic E-state index is -0.394. The van der Waals surface area contributed by atoms with Crippen molar-refractivity contribution in [1.82, 2.24) is 10.2 Å². The first-order valence-corrected chi connectivity index (χ1v) is 5.93. The predicted octanol–water partition coefficient (Wildman–Crippen LogP) is 3.18. The lowest BCUT2D eigenvalue weighted by Gasteiger charge is -1.99. The van der Waals surface area contributed by atoms with Crippen molar-refractivity contribution < 1.29 is 4.92 Å². The summed E-state index contributed by atoms with van der Waals surface area (Å²) in [7, 11) is 0. The van der Waals surface area contributed by atoms with Crippen LogP contribution in [0.4, 0.5) is 5.69 Å². The van der Waals surface area contributed by atoms with Crippen molar-refractivity contribution in [2.75, 3.05) is 0 Å². The van der Waals surface area contributed by atoms with Crippen LogP contribution in [-0.4, -0.2) is 15.1 Å². The van der Waals surface area contributed by atoms with E-state index in [9.17, 15) is 10.1 Å². The quantitative estimate of drug-likeness (QED) is 0.631. The number of halogens is 1. The number of hydrogen-bond donors (Lipinski definition) is 0. The molecule has 0 radical (unpaired) electrons. The van der Waals surface area contributed by atoms with Crippen molar-refractivity contribution in [2.45, 2.75) is 6.92 Å². The largest absolute Gasteiger partial charge is 0.273 e.